The molecule has 0 heterocycles. The highest BCUT2D eigenvalue weighted by Crippen LogP contribution is 2.30. The molecule has 1 N–H and O–H groups in total. The van der Waals surface area contributed by atoms with Crippen molar-refractivity contribution >= 4 is 11.7 Å². The van der Waals surface area contributed by atoms with Gasteiger partial charge in [-0.3, -0.25) is 10.1 Å². The average Bonchev–Trinajstić information content (AvgIpc) is 2.42. The molecule has 0 aromatic heterocycles. The van der Waals surface area contributed by atoms with Crippen LogP contribution in [-0.2, 0) is 0 Å². The van der Waals surface area contributed by atoms with Crippen molar-refractivity contribution in [2.75, 3.05) is 0 Å². The van der Waals surface area contributed by atoms with Crippen LogP contribution in [0, 0.1) is 21.7 Å². The number of ether oxygens (including phenoxy) is 1. The van der Waals surface area contributed by atoms with Gasteiger partial charge in [0.1, 0.15) is 5.75 Å². The highest BCUT2D eigenvalue weighted by Gasteiger charge is 2.19. The lowest BCUT2D eigenvalue weighted by atomic mass is 10.2. The van der Waals surface area contributed by atoms with Crippen LogP contribution in [0.5, 0.6) is 11.5 Å². The number of hydrogen-bond acceptors (Lipinski definition) is 4. The summed E-state index contributed by atoms with van der Waals surface area (Å²) in [6.45, 7) is 0. The van der Waals surface area contributed by atoms with Crippen LogP contribution < -0.4 is 4.74 Å². The maximum absolute atomic E-state index is 13.6. The molecule has 2 rings (SSSR count). The zero-order chi connectivity index (χ0) is 15.6. The quantitative estimate of drug-likeness (QED) is 0.690. The first-order valence-electron chi connectivity index (χ1n) is 5.53. The molecule has 0 unspecified atom stereocenters. The fourth-order valence-electron chi connectivity index (χ4n) is 1.56. The second-order valence-corrected chi connectivity index (χ2v) is 3.93. The van der Waals surface area contributed by atoms with Crippen LogP contribution in [0.1, 0.15) is 10.4 Å². The van der Waals surface area contributed by atoms with Crippen LogP contribution in [0.4, 0.5) is 14.5 Å². The second kappa shape index (κ2) is 5.53. The van der Waals surface area contributed by atoms with E-state index in [1.807, 2.05) is 0 Å². The maximum Gasteiger partial charge on any atom is 0.335 e. The van der Waals surface area contributed by atoms with E-state index in [0.29, 0.717) is 12.1 Å². The third kappa shape index (κ3) is 3.11. The summed E-state index contributed by atoms with van der Waals surface area (Å²) in [6.07, 6.45) is 0. The predicted octanol–water partition coefficient (Wildman–Crippen LogP) is 3.36. The van der Waals surface area contributed by atoms with E-state index in [9.17, 15) is 23.7 Å². The summed E-state index contributed by atoms with van der Waals surface area (Å²) < 4.78 is 32.0. The highest BCUT2D eigenvalue weighted by atomic mass is 19.1. The minimum atomic E-state index is -1.26. The molecule has 6 nitrogen and oxygen atoms in total. The lowest BCUT2D eigenvalue weighted by molar-refractivity contribution is -0.387. The van der Waals surface area contributed by atoms with Crippen molar-refractivity contribution in [2.24, 2.45) is 0 Å². The largest absolute Gasteiger partial charge is 0.478 e. The maximum atomic E-state index is 13.6. The van der Waals surface area contributed by atoms with E-state index in [4.69, 9.17) is 9.84 Å². The molecule has 0 saturated heterocycles. The Hall–Kier alpha value is -3.03. The summed E-state index contributed by atoms with van der Waals surface area (Å²) in [5.41, 5.74) is -1.12. The summed E-state index contributed by atoms with van der Waals surface area (Å²) in [6, 6.07) is 6.03. The van der Waals surface area contributed by atoms with E-state index in [1.165, 1.54) is 18.2 Å². The van der Waals surface area contributed by atoms with Crippen LogP contribution in [0.25, 0.3) is 0 Å². The van der Waals surface area contributed by atoms with Gasteiger partial charge in [-0.1, -0.05) is 6.07 Å². The molecule has 21 heavy (non-hydrogen) atoms. The molecular weight excluding hydrogens is 288 g/mol. The minimum absolute atomic E-state index is 0.0398. The molecule has 0 bridgehead atoms. The third-order valence-electron chi connectivity index (χ3n) is 2.51. The number of nitrogens with zero attached hydrogens (tertiary/aromatic N) is 1. The van der Waals surface area contributed by atoms with Gasteiger partial charge < -0.3 is 9.84 Å². The van der Waals surface area contributed by atoms with Gasteiger partial charge in [0.15, 0.2) is 11.6 Å². The Morgan fingerprint density at radius 1 is 1.19 bits per heavy atom. The van der Waals surface area contributed by atoms with Gasteiger partial charge in [0, 0.05) is 6.07 Å². The van der Waals surface area contributed by atoms with Gasteiger partial charge in [0.2, 0.25) is 5.82 Å². The molecule has 0 atom stereocenters. The number of rotatable bonds is 4. The molecule has 8 heteroatoms. The molecule has 2 aromatic carbocycles. The van der Waals surface area contributed by atoms with Crippen molar-refractivity contribution in [3.8, 4) is 11.5 Å². The van der Waals surface area contributed by atoms with Crippen LogP contribution in [0.15, 0.2) is 36.4 Å². The van der Waals surface area contributed by atoms with Gasteiger partial charge in [-0.05, 0) is 18.2 Å². The number of hydrogen-bond donors (Lipinski definition) is 1. The fraction of sp³-hybridized carbons (Fsp3) is 0. The number of halogens is 2. The van der Waals surface area contributed by atoms with E-state index in [1.54, 1.807) is 0 Å². The summed E-state index contributed by atoms with van der Waals surface area (Å²) in [5.74, 6) is -4.23. The van der Waals surface area contributed by atoms with Gasteiger partial charge in [-0.15, -0.1) is 0 Å². The van der Waals surface area contributed by atoms with Crippen molar-refractivity contribution < 1.29 is 28.3 Å². The Kier molecular flexibility index (Phi) is 3.79. The molecule has 0 aliphatic carbocycles. The number of carboxylic acid groups (broad SMARTS) is 1. The summed E-state index contributed by atoms with van der Waals surface area (Å²) in [4.78, 5) is 20.2. The van der Waals surface area contributed by atoms with Crippen LogP contribution >= 0.6 is 0 Å². The van der Waals surface area contributed by atoms with E-state index in [-0.39, 0.29) is 11.3 Å². The summed E-state index contributed by atoms with van der Waals surface area (Å²) in [5, 5.41) is 19.3. The normalized spacial score (nSPS) is 10.2. The monoisotopic (exact) mass is 295 g/mol. The highest BCUT2D eigenvalue weighted by molar-refractivity contribution is 5.88. The lowest BCUT2D eigenvalue weighted by Gasteiger charge is -2.07. The predicted molar refractivity (Wildman–Crippen MR) is 66.5 cm³/mol. The number of aromatic carboxylic acids is 1. The fourth-order valence-corrected chi connectivity index (χ4v) is 1.56. The first-order chi connectivity index (χ1) is 9.88. The molecule has 0 fully saturated rings. The smallest absolute Gasteiger partial charge is 0.335 e. The van der Waals surface area contributed by atoms with Crippen molar-refractivity contribution in [1.82, 2.24) is 0 Å². The van der Waals surface area contributed by atoms with Crippen molar-refractivity contribution in [2.45, 2.75) is 0 Å². The number of nitro groups is 1. The van der Waals surface area contributed by atoms with Gasteiger partial charge in [0.25, 0.3) is 0 Å². The van der Waals surface area contributed by atoms with Crippen LogP contribution in [-0.4, -0.2) is 16.0 Å². The molecule has 0 aliphatic rings. The molecule has 0 spiro atoms. The van der Waals surface area contributed by atoms with Crippen molar-refractivity contribution in [3.05, 3.63) is 63.7 Å². The van der Waals surface area contributed by atoms with Crippen molar-refractivity contribution in [3.63, 3.8) is 0 Å². The Balaban J connectivity index is 2.36. The average molecular weight is 295 g/mol. The Morgan fingerprint density at radius 3 is 2.52 bits per heavy atom. The summed E-state index contributed by atoms with van der Waals surface area (Å²) in [7, 11) is 0. The lowest BCUT2D eigenvalue weighted by Crippen LogP contribution is -1.98. The zero-order valence-corrected chi connectivity index (χ0v) is 10.2. The molecule has 0 aliphatic heterocycles. The van der Waals surface area contributed by atoms with Crippen LogP contribution in [0.2, 0.25) is 0 Å². The first kappa shape index (κ1) is 14.4. The Morgan fingerprint density at radius 2 is 1.90 bits per heavy atom. The third-order valence-corrected chi connectivity index (χ3v) is 2.51. The SMILES string of the molecule is O=C(O)c1cccc(Oc2cc(F)c([N+](=O)[O-])cc2F)c1. The van der Waals surface area contributed by atoms with E-state index in [0.717, 1.165) is 6.07 Å². The Bertz CT molecular complexity index is 732. The number of carboxylic acids is 1. The number of carbonyl (C=O) groups is 1. The Labute approximate surface area is 116 Å². The van der Waals surface area contributed by atoms with Crippen LogP contribution in [0.3, 0.4) is 0 Å². The van der Waals surface area contributed by atoms with E-state index in [2.05, 4.69) is 0 Å². The van der Waals surface area contributed by atoms with Crippen molar-refractivity contribution in [1.29, 1.82) is 0 Å². The second-order valence-electron chi connectivity index (χ2n) is 3.93. The minimum Gasteiger partial charge on any atom is -0.478 e. The van der Waals surface area contributed by atoms with Gasteiger partial charge in [0.05, 0.1) is 16.6 Å². The molecule has 108 valence electrons. The topological polar surface area (TPSA) is 89.7 Å². The molecule has 2 aromatic rings. The molecule has 0 radical (unpaired) electrons. The first-order valence-corrected chi connectivity index (χ1v) is 5.53. The molecular formula is C13H7F2NO5. The number of nitro benzene ring substituents is 1. The molecule has 0 saturated carbocycles. The zero-order valence-electron chi connectivity index (χ0n) is 10.2. The van der Waals surface area contributed by atoms with E-state index < -0.39 is 34.0 Å². The van der Waals surface area contributed by atoms with Gasteiger partial charge in [-0.2, -0.15) is 4.39 Å². The standard InChI is InChI=1S/C13H7F2NO5/c14-9-6-12(10(15)5-11(9)16(19)20)21-8-3-1-2-7(4-8)13(17)18/h1-6H,(H,17,18). The molecule has 0 amide bonds. The van der Waals surface area contributed by atoms with E-state index >= 15 is 0 Å². The summed E-state index contributed by atoms with van der Waals surface area (Å²) >= 11 is 0. The van der Waals surface area contributed by atoms with Gasteiger partial charge >= 0.3 is 11.7 Å². The number of benzene rings is 2. The van der Waals surface area contributed by atoms with Gasteiger partial charge in [-0.25, -0.2) is 9.18 Å².